The maximum atomic E-state index is 6.02. The van der Waals surface area contributed by atoms with E-state index in [1.54, 1.807) is 5.54 Å². The van der Waals surface area contributed by atoms with Gasteiger partial charge in [0.15, 0.2) is 0 Å². The van der Waals surface area contributed by atoms with Gasteiger partial charge in [0.1, 0.15) is 12.4 Å². The van der Waals surface area contributed by atoms with Gasteiger partial charge in [0.05, 0.1) is 0 Å². The number of rotatable bonds is 6. The van der Waals surface area contributed by atoms with Crippen LogP contribution in [0.5, 0.6) is 5.75 Å². The largest absolute Gasteiger partial charge is 0.489 e. The molecular formula is C15H22ClNO. The molecule has 0 bridgehead atoms. The third-order valence-electron chi connectivity index (χ3n) is 2.93. The van der Waals surface area contributed by atoms with E-state index in [1.807, 2.05) is 13.0 Å². The highest BCUT2D eigenvalue weighted by Crippen LogP contribution is 2.25. The van der Waals surface area contributed by atoms with Gasteiger partial charge in [-0.2, -0.15) is 0 Å². The maximum absolute atomic E-state index is 6.02. The Labute approximate surface area is 115 Å². The minimum absolute atomic E-state index is 0.179. The summed E-state index contributed by atoms with van der Waals surface area (Å²) < 4.78 is 5.86. The van der Waals surface area contributed by atoms with Crippen LogP contribution in [0.25, 0.3) is 0 Å². The van der Waals surface area contributed by atoms with Crippen molar-refractivity contribution in [3.63, 3.8) is 0 Å². The summed E-state index contributed by atoms with van der Waals surface area (Å²) in [7, 11) is 0. The standard InChI is InChI=1S/C15H22ClNO/c1-4-14(17)8-13-7-5-6-12(3)15(13)18-10-11(2)9-16/h5-7,9,14H,4,8,10,17H2,1-3H3/b11-9+. The van der Waals surface area contributed by atoms with Gasteiger partial charge < -0.3 is 10.5 Å². The van der Waals surface area contributed by atoms with Gasteiger partial charge in [0, 0.05) is 11.6 Å². The number of hydrogen-bond acceptors (Lipinski definition) is 2. The van der Waals surface area contributed by atoms with Crippen LogP contribution in [0.15, 0.2) is 29.3 Å². The van der Waals surface area contributed by atoms with Crippen molar-refractivity contribution in [2.24, 2.45) is 5.73 Å². The van der Waals surface area contributed by atoms with Crippen molar-refractivity contribution in [1.29, 1.82) is 0 Å². The summed E-state index contributed by atoms with van der Waals surface area (Å²) >= 11 is 5.64. The lowest BCUT2D eigenvalue weighted by molar-refractivity contribution is 0.345. The molecule has 1 aromatic carbocycles. The Hall–Kier alpha value is -0.990. The maximum Gasteiger partial charge on any atom is 0.125 e. The molecule has 3 heteroatoms. The SMILES string of the molecule is CCC(N)Cc1cccc(C)c1OC/C(C)=C/Cl. The molecule has 0 saturated carbocycles. The lowest BCUT2D eigenvalue weighted by atomic mass is 10.0. The molecule has 0 aliphatic rings. The number of halogens is 1. The molecule has 0 aromatic heterocycles. The van der Waals surface area contributed by atoms with Crippen LogP contribution in [0.1, 0.15) is 31.4 Å². The zero-order valence-corrected chi connectivity index (χ0v) is 12.1. The molecule has 0 heterocycles. The summed E-state index contributed by atoms with van der Waals surface area (Å²) in [6.45, 7) is 6.61. The molecule has 1 unspecified atom stereocenters. The van der Waals surface area contributed by atoms with Gasteiger partial charge in [-0.1, -0.05) is 36.7 Å². The fourth-order valence-corrected chi connectivity index (χ4v) is 1.79. The Bertz CT molecular complexity index is 415. The van der Waals surface area contributed by atoms with E-state index in [2.05, 4.69) is 26.0 Å². The first kappa shape index (κ1) is 15.1. The second kappa shape index (κ2) is 7.45. The highest BCUT2D eigenvalue weighted by atomic mass is 35.5. The van der Waals surface area contributed by atoms with E-state index in [0.29, 0.717) is 6.61 Å². The molecule has 0 saturated heterocycles. The second-order valence-corrected chi connectivity index (χ2v) is 4.90. The average Bonchev–Trinajstić information content (AvgIpc) is 2.37. The van der Waals surface area contributed by atoms with Gasteiger partial charge >= 0.3 is 0 Å². The monoisotopic (exact) mass is 267 g/mol. The number of aryl methyl sites for hydroxylation is 1. The Kier molecular flexibility index (Phi) is 6.23. The predicted octanol–water partition coefficient (Wildman–Crippen LogP) is 3.80. The van der Waals surface area contributed by atoms with Crippen LogP contribution in [0.4, 0.5) is 0 Å². The van der Waals surface area contributed by atoms with E-state index < -0.39 is 0 Å². The van der Waals surface area contributed by atoms with Crippen molar-refractivity contribution in [3.8, 4) is 5.75 Å². The highest BCUT2D eigenvalue weighted by molar-refractivity contribution is 6.25. The summed E-state index contributed by atoms with van der Waals surface area (Å²) in [6.07, 6.45) is 1.81. The van der Waals surface area contributed by atoms with Crippen LogP contribution in [-0.4, -0.2) is 12.6 Å². The predicted molar refractivity (Wildman–Crippen MR) is 78.3 cm³/mol. The number of para-hydroxylation sites is 1. The summed E-state index contributed by atoms with van der Waals surface area (Å²) in [5.74, 6) is 0.944. The lowest BCUT2D eigenvalue weighted by Crippen LogP contribution is -2.22. The van der Waals surface area contributed by atoms with E-state index in [1.165, 1.54) is 5.56 Å². The molecule has 0 fully saturated rings. The Balaban J connectivity index is 2.86. The molecular weight excluding hydrogens is 246 g/mol. The van der Waals surface area contributed by atoms with E-state index in [4.69, 9.17) is 22.1 Å². The van der Waals surface area contributed by atoms with Crippen LogP contribution in [0.2, 0.25) is 0 Å². The lowest BCUT2D eigenvalue weighted by Gasteiger charge is -2.16. The molecule has 0 aliphatic heterocycles. The molecule has 2 N–H and O–H groups in total. The number of ether oxygens (including phenoxy) is 1. The third kappa shape index (κ3) is 4.35. The Morgan fingerprint density at radius 3 is 2.83 bits per heavy atom. The van der Waals surface area contributed by atoms with Gasteiger partial charge in [-0.25, -0.2) is 0 Å². The zero-order valence-electron chi connectivity index (χ0n) is 11.4. The molecule has 18 heavy (non-hydrogen) atoms. The molecule has 1 atom stereocenters. The number of benzene rings is 1. The highest BCUT2D eigenvalue weighted by Gasteiger charge is 2.10. The van der Waals surface area contributed by atoms with Crippen molar-refractivity contribution < 1.29 is 4.74 Å². The fraction of sp³-hybridized carbons (Fsp3) is 0.467. The normalized spacial score (nSPS) is 13.5. The quantitative estimate of drug-likeness (QED) is 0.851. The van der Waals surface area contributed by atoms with Crippen LogP contribution in [0.3, 0.4) is 0 Å². The molecule has 1 aromatic rings. The summed E-state index contributed by atoms with van der Waals surface area (Å²) in [4.78, 5) is 0. The van der Waals surface area contributed by atoms with Crippen LogP contribution < -0.4 is 10.5 Å². The van der Waals surface area contributed by atoms with Gasteiger partial charge in [-0.3, -0.25) is 0 Å². The zero-order chi connectivity index (χ0) is 13.5. The second-order valence-electron chi connectivity index (χ2n) is 4.68. The minimum Gasteiger partial charge on any atom is -0.489 e. The fourth-order valence-electron chi connectivity index (χ4n) is 1.72. The van der Waals surface area contributed by atoms with Crippen molar-refractivity contribution >= 4 is 11.6 Å². The van der Waals surface area contributed by atoms with Crippen molar-refractivity contribution in [3.05, 3.63) is 40.4 Å². The number of nitrogens with two attached hydrogens (primary N) is 1. The molecule has 0 radical (unpaired) electrons. The summed E-state index contributed by atoms with van der Waals surface area (Å²) in [5.41, 5.74) is 10.9. The molecule has 1 rings (SSSR count). The van der Waals surface area contributed by atoms with E-state index in [-0.39, 0.29) is 6.04 Å². The average molecular weight is 268 g/mol. The smallest absolute Gasteiger partial charge is 0.125 e. The number of hydrogen-bond donors (Lipinski definition) is 1. The van der Waals surface area contributed by atoms with Crippen molar-refractivity contribution in [1.82, 2.24) is 0 Å². The van der Waals surface area contributed by atoms with Crippen LogP contribution >= 0.6 is 11.6 Å². The molecule has 2 nitrogen and oxygen atoms in total. The van der Waals surface area contributed by atoms with E-state index in [0.717, 1.165) is 29.7 Å². The van der Waals surface area contributed by atoms with Gasteiger partial charge in [0.25, 0.3) is 0 Å². The van der Waals surface area contributed by atoms with E-state index in [9.17, 15) is 0 Å². The van der Waals surface area contributed by atoms with Crippen molar-refractivity contribution in [2.75, 3.05) is 6.61 Å². The van der Waals surface area contributed by atoms with Crippen molar-refractivity contribution in [2.45, 2.75) is 39.7 Å². The third-order valence-corrected chi connectivity index (χ3v) is 3.30. The molecule has 0 aliphatic carbocycles. The first-order valence-corrected chi connectivity index (χ1v) is 6.74. The Morgan fingerprint density at radius 2 is 2.22 bits per heavy atom. The first-order valence-electron chi connectivity index (χ1n) is 6.31. The van der Waals surface area contributed by atoms with E-state index >= 15 is 0 Å². The Morgan fingerprint density at radius 1 is 1.50 bits per heavy atom. The molecule has 100 valence electrons. The van der Waals surface area contributed by atoms with Gasteiger partial charge in [0.2, 0.25) is 0 Å². The first-order chi connectivity index (χ1) is 8.58. The van der Waals surface area contributed by atoms with Gasteiger partial charge in [-0.05, 0) is 43.4 Å². The molecule has 0 spiro atoms. The van der Waals surface area contributed by atoms with Crippen LogP contribution in [-0.2, 0) is 6.42 Å². The topological polar surface area (TPSA) is 35.2 Å². The van der Waals surface area contributed by atoms with Gasteiger partial charge in [-0.15, -0.1) is 0 Å². The van der Waals surface area contributed by atoms with Crippen LogP contribution in [0, 0.1) is 6.92 Å². The summed E-state index contributed by atoms with van der Waals surface area (Å²) in [5, 5.41) is 0. The summed E-state index contributed by atoms with van der Waals surface area (Å²) in [6, 6.07) is 6.36. The molecule has 0 amide bonds. The minimum atomic E-state index is 0.179.